The molecule has 0 bridgehead atoms. The zero-order valence-corrected chi connectivity index (χ0v) is 11.7. The molecule has 0 unspecified atom stereocenters. The summed E-state index contributed by atoms with van der Waals surface area (Å²) in [5.74, 6) is -0.0543. The number of nitrogens with one attached hydrogen (secondary N) is 2. The molecule has 0 radical (unpaired) electrons. The van der Waals surface area contributed by atoms with Crippen LogP contribution in [0.2, 0.25) is 0 Å². The molecule has 2 aliphatic rings. The number of aromatic amines is 1. The van der Waals surface area contributed by atoms with Gasteiger partial charge in [0.15, 0.2) is 0 Å². The maximum atomic E-state index is 12.2. The Balaban J connectivity index is 1.82. The Bertz CT molecular complexity index is 770. The van der Waals surface area contributed by atoms with Crippen molar-refractivity contribution in [3.63, 3.8) is 0 Å². The van der Waals surface area contributed by atoms with Crippen molar-refractivity contribution in [1.82, 2.24) is 4.98 Å². The topological polar surface area (TPSA) is 70.9 Å². The molecule has 4 N–H and O–H groups in total. The average Bonchev–Trinajstić information content (AvgIpc) is 3.02. The number of nitrogen functional groups attached to an aromatic ring is 1. The Morgan fingerprint density at radius 2 is 2.05 bits per heavy atom. The standard InChI is InChI=1S/C17H17N3O/c18-11-5-6-16-13(8-11)14(17(21)20-16)7-10-9-19-15-4-2-1-3-12(10)15/h5-9,19H,1-4,18H2,(H,20,21). The predicted octanol–water partition coefficient (Wildman–Crippen LogP) is 2.97. The molecule has 4 nitrogen and oxygen atoms in total. The molecule has 0 atom stereocenters. The minimum atomic E-state index is -0.0543. The number of hydrogen-bond donors (Lipinski definition) is 3. The van der Waals surface area contributed by atoms with E-state index >= 15 is 0 Å². The van der Waals surface area contributed by atoms with E-state index in [1.165, 1.54) is 24.1 Å². The Hall–Kier alpha value is -2.49. The van der Waals surface area contributed by atoms with E-state index in [1.807, 2.05) is 24.4 Å². The molecule has 4 heteroatoms. The van der Waals surface area contributed by atoms with Crippen LogP contribution >= 0.6 is 0 Å². The Kier molecular flexibility index (Phi) is 2.64. The van der Waals surface area contributed by atoms with Crippen LogP contribution in [0.15, 0.2) is 24.4 Å². The van der Waals surface area contributed by atoms with E-state index in [9.17, 15) is 4.79 Å². The van der Waals surface area contributed by atoms with Crippen LogP contribution in [0.25, 0.3) is 11.6 Å². The second-order valence-corrected chi connectivity index (χ2v) is 5.73. The maximum absolute atomic E-state index is 12.2. The molecule has 21 heavy (non-hydrogen) atoms. The third-order valence-corrected chi connectivity index (χ3v) is 4.34. The number of rotatable bonds is 1. The highest BCUT2D eigenvalue weighted by molar-refractivity contribution is 6.35. The number of aromatic nitrogens is 1. The molecule has 1 aliphatic carbocycles. The number of benzene rings is 1. The fraction of sp³-hybridized carbons (Fsp3) is 0.235. The molecule has 1 aromatic carbocycles. The number of aryl methyl sites for hydroxylation is 1. The van der Waals surface area contributed by atoms with Crippen molar-refractivity contribution in [1.29, 1.82) is 0 Å². The van der Waals surface area contributed by atoms with Gasteiger partial charge < -0.3 is 16.0 Å². The molecule has 0 saturated heterocycles. The lowest BCUT2D eigenvalue weighted by atomic mass is 9.93. The van der Waals surface area contributed by atoms with Crippen molar-refractivity contribution in [3.8, 4) is 0 Å². The molecule has 1 aromatic heterocycles. The number of nitrogens with two attached hydrogens (primary N) is 1. The first-order valence-corrected chi connectivity index (χ1v) is 7.34. The molecule has 4 rings (SSSR count). The van der Waals surface area contributed by atoms with Gasteiger partial charge in [0.05, 0.1) is 0 Å². The molecular formula is C17H17N3O. The van der Waals surface area contributed by atoms with E-state index < -0.39 is 0 Å². The number of H-pyrrole nitrogens is 1. The summed E-state index contributed by atoms with van der Waals surface area (Å²) in [5, 5.41) is 2.89. The van der Waals surface area contributed by atoms with E-state index in [0.717, 1.165) is 29.7 Å². The molecule has 1 amide bonds. The molecule has 0 spiro atoms. The van der Waals surface area contributed by atoms with Crippen molar-refractivity contribution >= 4 is 28.9 Å². The minimum Gasteiger partial charge on any atom is -0.399 e. The van der Waals surface area contributed by atoms with Gasteiger partial charge in [-0.05, 0) is 61.1 Å². The lowest BCUT2D eigenvalue weighted by Gasteiger charge is -2.11. The highest BCUT2D eigenvalue weighted by Crippen LogP contribution is 2.35. The maximum Gasteiger partial charge on any atom is 0.256 e. The van der Waals surface area contributed by atoms with Crippen LogP contribution in [0.5, 0.6) is 0 Å². The van der Waals surface area contributed by atoms with Crippen LogP contribution in [0, 0.1) is 0 Å². The van der Waals surface area contributed by atoms with Gasteiger partial charge >= 0.3 is 0 Å². The van der Waals surface area contributed by atoms with Crippen molar-refractivity contribution in [2.24, 2.45) is 0 Å². The van der Waals surface area contributed by atoms with Crippen LogP contribution in [0.1, 0.15) is 35.2 Å². The minimum absolute atomic E-state index is 0.0543. The van der Waals surface area contributed by atoms with Gasteiger partial charge in [-0.15, -0.1) is 0 Å². The van der Waals surface area contributed by atoms with Crippen molar-refractivity contribution in [3.05, 3.63) is 46.8 Å². The summed E-state index contributed by atoms with van der Waals surface area (Å²) >= 11 is 0. The van der Waals surface area contributed by atoms with Gasteiger partial charge in [-0.3, -0.25) is 4.79 Å². The first kappa shape index (κ1) is 12.3. The fourth-order valence-electron chi connectivity index (χ4n) is 3.27. The highest BCUT2D eigenvalue weighted by atomic mass is 16.2. The van der Waals surface area contributed by atoms with E-state index in [4.69, 9.17) is 5.73 Å². The van der Waals surface area contributed by atoms with E-state index in [1.54, 1.807) is 6.07 Å². The van der Waals surface area contributed by atoms with Gasteiger partial charge in [-0.1, -0.05) is 0 Å². The third kappa shape index (κ3) is 1.95. The van der Waals surface area contributed by atoms with Crippen LogP contribution in [-0.2, 0) is 17.6 Å². The van der Waals surface area contributed by atoms with Crippen molar-refractivity contribution in [2.75, 3.05) is 11.1 Å². The largest absolute Gasteiger partial charge is 0.399 e. The summed E-state index contributed by atoms with van der Waals surface area (Å²) < 4.78 is 0. The molecular weight excluding hydrogens is 262 g/mol. The number of anilines is 2. The van der Waals surface area contributed by atoms with Crippen LogP contribution in [0.4, 0.5) is 11.4 Å². The Morgan fingerprint density at radius 1 is 1.19 bits per heavy atom. The molecule has 1 aliphatic heterocycles. The first-order valence-electron chi connectivity index (χ1n) is 7.34. The van der Waals surface area contributed by atoms with Crippen molar-refractivity contribution < 1.29 is 4.79 Å². The quantitative estimate of drug-likeness (QED) is 0.555. The fourth-order valence-corrected chi connectivity index (χ4v) is 3.27. The Morgan fingerprint density at radius 3 is 2.95 bits per heavy atom. The first-order chi connectivity index (χ1) is 10.2. The molecule has 2 heterocycles. The van der Waals surface area contributed by atoms with E-state index in [-0.39, 0.29) is 5.91 Å². The molecule has 0 saturated carbocycles. The SMILES string of the molecule is Nc1ccc2c(c1)C(=Cc1c[nH]c3c1CCCC3)C(=O)N2. The number of amides is 1. The van der Waals surface area contributed by atoms with Gasteiger partial charge in [0.1, 0.15) is 0 Å². The second kappa shape index (κ2) is 4.52. The van der Waals surface area contributed by atoms with Gasteiger partial charge in [-0.25, -0.2) is 0 Å². The van der Waals surface area contributed by atoms with Gasteiger partial charge in [0, 0.05) is 34.4 Å². The zero-order valence-electron chi connectivity index (χ0n) is 11.7. The van der Waals surface area contributed by atoms with Crippen LogP contribution in [-0.4, -0.2) is 10.9 Å². The van der Waals surface area contributed by atoms with E-state index in [0.29, 0.717) is 11.3 Å². The second-order valence-electron chi connectivity index (χ2n) is 5.73. The number of fused-ring (bicyclic) bond motifs is 2. The molecule has 106 valence electrons. The van der Waals surface area contributed by atoms with Crippen LogP contribution in [0.3, 0.4) is 0 Å². The summed E-state index contributed by atoms with van der Waals surface area (Å²) in [6.07, 6.45) is 8.65. The highest BCUT2D eigenvalue weighted by Gasteiger charge is 2.25. The average molecular weight is 279 g/mol. The summed E-state index contributed by atoms with van der Waals surface area (Å²) in [6.45, 7) is 0. The molecule has 0 fully saturated rings. The van der Waals surface area contributed by atoms with Gasteiger partial charge in [-0.2, -0.15) is 0 Å². The van der Waals surface area contributed by atoms with Crippen molar-refractivity contribution in [2.45, 2.75) is 25.7 Å². The van der Waals surface area contributed by atoms with Gasteiger partial charge in [0.25, 0.3) is 5.91 Å². The monoisotopic (exact) mass is 279 g/mol. The number of carbonyl (C=O) groups is 1. The predicted molar refractivity (Wildman–Crippen MR) is 84.8 cm³/mol. The van der Waals surface area contributed by atoms with Gasteiger partial charge in [0.2, 0.25) is 0 Å². The lowest BCUT2D eigenvalue weighted by molar-refractivity contribution is -0.110. The summed E-state index contributed by atoms with van der Waals surface area (Å²) in [6, 6.07) is 5.52. The normalized spacial score (nSPS) is 18.5. The summed E-state index contributed by atoms with van der Waals surface area (Å²) in [4.78, 5) is 15.6. The van der Waals surface area contributed by atoms with E-state index in [2.05, 4.69) is 10.3 Å². The number of carbonyl (C=O) groups excluding carboxylic acids is 1. The Labute approximate surface area is 123 Å². The number of hydrogen-bond acceptors (Lipinski definition) is 2. The smallest absolute Gasteiger partial charge is 0.256 e. The summed E-state index contributed by atoms with van der Waals surface area (Å²) in [5.41, 5.74) is 12.8. The zero-order chi connectivity index (χ0) is 14.4. The lowest BCUT2D eigenvalue weighted by Crippen LogP contribution is -2.04. The third-order valence-electron chi connectivity index (χ3n) is 4.34. The molecule has 2 aromatic rings. The van der Waals surface area contributed by atoms with Crippen LogP contribution < -0.4 is 11.1 Å². The summed E-state index contributed by atoms with van der Waals surface area (Å²) in [7, 11) is 0.